The second-order valence-electron chi connectivity index (χ2n) is 0.529. The van der Waals surface area contributed by atoms with Crippen LogP contribution >= 0.6 is 16.5 Å². The summed E-state index contributed by atoms with van der Waals surface area (Å²) in [6.07, 6.45) is 0. The third kappa shape index (κ3) is 56.4. The molecule has 0 heterocycles. The summed E-state index contributed by atoms with van der Waals surface area (Å²) in [6, 6.07) is 0. The van der Waals surface area contributed by atoms with Crippen LogP contribution in [0.15, 0.2) is 0 Å². The molecule has 72 valence electrons. The molecule has 6 N–H and O–H groups in total. The van der Waals surface area contributed by atoms with Gasteiger partial charge >= 0.3 is 75.6 Å². The minimum absolute atomic E-state index is 0. The molecule has 0 aromatic heterocycles. The van der Waals surface area contributed by atoms with Crippen molar-refractivity contribution in [3.05, 3.63) is 0 Å². The molecule has 0 bridgehead atoms. The van der Waals surface area contributed by atoms with Gasteiger partial charge in [0.15, 0.2) is 0 Å². The second kappa shape index (κ2) is 29.2. The molecule has 0 aromatic rings. The zero-order valence-corrected chi connectivity index (χ0v) is 12.6. The van der Waals surface area contributed by atoms with Gasteiger partial charge in [0, 0.05) is 0 Å². The third-order valence-electron chi connectivity index (χ3n) is 0.133. The molecule has 0 spiro atoms. The van der Waals surface area contributed by atoms with Gasteiger partial charge in [-0.05, 0) is 9.13 Å². The van der Waals surface area contributed by atoms with Gasteiger partial charge in [-0.1, -0.05) is 0 Å². The van der Waals surface area contributed by atoms with Crippen LogP contribution in [0.25, 0.3) is 0 Å². The van der Waals surface area contributed by atoms with E-state index in [4.69, 9.17) is 0 Å². The Bertz CT molecular complexity index is 91.8. The van der Waals surface area contributed by atoms with Crippen LogP contribution in [0.3, 0.4) is 0 Å². The molecule has 0 aliphatic heterocycles. The van der Waals surface area contributed by atoms with Crippen LogP contribution in [-0.2, 0) is 18.9 Å². The van der Waals surface area contributed by atoms with Gasteiger partial charge < -0.3 is 31.7 Å². The van der Waals surface area contributed by atoms with Gasteiger partial charge in [-0.2, -0.15) is 0 Å². The van der Waals surface area contributed by atoms with Crippen LogP contribution in [-0.4, -0.2) is 16.4 Å². The summed E-state index contributed by atoms with van der Waals surface area (Å²) in [4.78, 5) is 18.5. The number of rotatable bonds is 2. The van der Waals surface area contributed by atoms with E-state index in [1.54, 1.807) is 0 Å². The van der Waals surface area contributed by atoms with Gasteiger partial charge in [0.2, 0.25) is 0 Å². The summed E-state index contributed by atoms with van der Waals surface area (Å²) >= 11 is 0. The van der Waals surface area contributed by atoms with Gasteiger partial charge in [0.25, 0.3) is 0 Å². The van der Waals surface area contributed by atoms with E-state index < -0.39 is 16.5 Å². The average molecular weight is 258 g/mol. The fourth-order valence-electron chi connectivity index (χ4n) is 0.0544. The van der Waals surface area contributed by atoms with Crippen LogP contribution in [0.4, 0.5) is 0 Å². The molecular formula is H6Na2O9P2. The fraction of sp³-hybridized carbons (Fsp3) is 0. The summed E-state index contributed by atoms with van der Waals surface area (Å²) < 4.78 is 21.6. The van der Waals surface area contributed by atoms with Crippen LogP contribution < -0.4 is 68.9 Å². The molecule has 13 heteroatoms. The Morgan fingerprint density at radius 2 is 1.00 bits per heavy atom. The third-order valence-corrected chi connectivity index (χ3v) is 1.20. The molecule has 9 nitrogen and oxygen atoms in total. The van der Waals surface area contributed by atoms with Crippen molar-refractivity contribution in [1.82, 2.24) is 0 Å². The van der Waals surface area contributed by atoms with Crippen LogP contribution in [0.1, 0.15) is 0 Å². The predicted molar refractivity (Wildman–Crippen MR) is 27.8 cm³/mol. The minimum Gasteiger partial charge on any atom is -2.00 e. The topological polar surface area (TPSA) is 212 Å². The van der Waals surface area contributed by atoms with Crippen molar-refractivity contribution in [2.75, 3.05) is 0 Å². The first-order chi connectivity index (χ1) is 3.13. The van der Waals surface area contributed by atoms with Crippen molar-refractivity contribution < 1.29 is 104 Å². The first-order valence-corrected chi connectivity index (χ1v) is 3.29. The SMILES string of the molecule is O.O.O.O=[P+]([O-])O[P+](=O)[O-].[Na+].[Na+].[O-2]. The van der Waals surface area contributed by atoms with E-state index in [1.807, 2.05) is 0 Å². The van der Waals surface area contributed by atoms with E-state index >= 15 is 0 Å². The van der Waals surface area contributed by atoms with E-state index in [0.29, 0.717) is 0 Å². The summed E-state index contributed by atoms with van der Waals surface area (Å²) in [5.74, 6) is 0. The van der Waals surface area contributed by atoms with Crippen molar-refractivity contribution in [1.29, 1.82) is 0 Å². The van der Waals surface area contributed by atoms with E-state index in [0.717, 1.165) is 0 Å². The Balaban J connectivity index is -0.0000000120. The molecule has 0 aliphatic rings. The van der Waals surface area contributed by atoms with Crippen molar-refractivity contribution in [3.63, 3.8) is 0 Å². The number of hydrogen-bond acceptors (Lipinski definition) is 5. The molecule has 0 aromatic carbocycles. The molecule has 0 saturated carbocycles. The molecule has 0 fully saturated rings. The predicted octanol–water partition coefficient (Wildman–Crippen LogP) is -9.55. The van der Waals surface area contributed by atoms with Gasteiger partial charge in [-0.15, -0.1) is 0 Å². The van der Waals surface area contributed by atoms with E-state index in [9.17, 15) is 18.9 Å². The molecule has 0 amide bonds. The molecule has 0 aliphatic carbocycles. The number of hydrogen-bond donors (Lipinski definition) is 0. The maximum absolute atomic E-state index is 9.24. The Hall–Kier alpha value is 1.92. The monoisotopic (exact) mass is 258 g/mol. The summed E-state index contributed by atoms with van der Waals surface area (Å²) in [5, 5.41) is 0. The zero-order valence-electron chi connectivity index (χ0n) is 6.84. The average Bonchev–Trinajstić information content (AvgIpc) is 1.27. The fourth-order valence-corrected chi connectivity index (χ4v) is 0.490. The smallest absolute Gasteiger partial charge is 1.00 e. The molecular weight excluding hydrogens is 252 g/mol. The minimum atomic E-state index is -3.24. The zero-order chi connectivity index (χ0) is 5.86. The van der Waals surface area contributed by atoms with E-state index in [1.165, 1.54) is 0 Å². The van der Waals surface area contributed by atoms with E-state index in [-0.39, 0.29) is 81.0 Å². The molecule has 0 radical (unpaired) electrons. The molecule has 13 heavy (non-hydrogen) atoms. The summed E-state index contributed by atoms with van der Waals surface area (Å²) in [5.41, 5.74) is 0. The normalized spacial score (nSPS) is 7.23. The van der Waals surface area contributed by atoms with Crippen LogP contribution in [0, 0.1) is 0 Å². The van der Waals surface area contributed by atoms with Crippen LogP contribution in [0.2, 0.25) is 0 Å². The maximum atomic E-state index is 9.24. The standard InChI is InChI=1S/2Na.O5P2.3H2O.O/c;;1-6(2)5-7(3)4;;;;/h;;;3*1H2;/q2*+1;;;;;-2. The summed E-state index contributed by atoms with van der Waals surface area (Å²) in [7, 11) is -6.47. The Kier molecular flexibility index (Phi) is 104. The first kappa shape index (κ1) is 46.1. The van der Waals surface area contributed by atoms with Crippen molar-refractivity contribution in [2.24, 2.45) is 0 Å². The Morgan fingerprint density at radius 1 is 0.846 bits per heavy atom. The van der Waals surface area contributed by atoms with Gasteiger partial charge in [-0.3, -0.25) is 0 Å². The van der Waals surface area contributed by atoms with Gasteiger partial charge in [-0.25, -0.2) is 0 Å². The van der Waals surface area contributed by atoms with Crippen molar-refractivity contribution in [3.8, 4) is 0 Å². The Labute approximate surface area is 120 Å². The Morgan fingerprint density at radius 3 is 1.00 bits per heavy atom. The molecule has 2 atom stereocenters. The van der Waals surface area contributed by atoms with Gasteiger partial charge in [0.1, 0.15) is 4.31 Å². The maximum Gasteiger partial charge on any atom is 1.00 e. The molecule has 0 saturated heterocycles. The summed E-state index contributed by atoms with van der Waals surface area (Å²) in [6.45, 7) is 0. The van der Waals surface area contributed by atoms with E-state index in [2.05, 4.69) is 4.31 Å². The second-order valence-corrected chi connectivity index (χ2v) is 2.08. The van der Waals surface area contributed by atoms with Crippen LogP contribution in [0.5, 0.6) is 0 Å². The largest absolute Gasteiger partial charge is 2.00 e. The van der Waals surface area contributed by atoms with Crippen molar-refractivity contribution >= 4 is 16.5 Å². The van der Waals surface area contributed by atoms with Crippen molar-refractivity contribution in [2.45, 2.75) is 0 Å². The first-order valence-electron chi connectivity index (χ1n) is 1.10. The van der Waals surface area contributed by atoms with Gasteiger partial charge in [0.05, 0.1) is 0 Å². The molecule has 0 rings (SSSR count). The quantitative estimate of drug-likeness (QED) is 0.347. The molecule has 2 unspecified atom stereocenters.